The van der Waals surface area contributed by atoms with E-state index >= 15 is 0 Å². The summed E-state index contributed by atoms with van der Waals surface area (Å²) in [5.41, 5.74) is 8.71. The molecule has 0 radical (unpaired) electrons. The zero-order valence-corrected chi connectivity index (χ0v) is 29.2. The number of phenolic OH excluding ortho intramolecular Hbond substituents is 2. The number of likely N-dealkylation sites (N-methyl/N-ethyl adjacent to an activating group) is 1. The van der Waals surface area contributed by atoms with Crippen molar-refractivity contribution in [2.45, 2.75) is 97.4 Å². The summed E-state index contributed by atoms with van der Waals surface area (Å²) in [4.78, 5) is 17.7. The summed E-state index contributed by atoms with van der Waals surface area (Å²) in [6.07, 6.45) is 14.3. The van der Waals surface area contributed by atoms with Gasteiger partial charge in [0.15, 0.2) is 34.7 Å². The Balaban J connectivity index is 1.82. The molecule has 2 aromatic rings. The summed E-state index contributed by atoms with van der Waals surface area (Å²) in [7, 11) is 3.37. The minimum absolute atomic E-state index is 0.00441. The number of anilines is 1. The molecule has 9 nitrogen and oxygen atoms in total. The van der Waals surface area contributed by atoms with E-state index in [-0.39, 0.29) is 29.2 Å². The second kappa shape index (κ2) is 19.8. The van der Waals surface area contributed by atoms with Gasteiger partial charge in [-0.25, -0.2) is 4.99 Å². The van der Waals surface area contributed by atoms with E-state index in [2.05, 4.69) is 37.5 Å². The topological polar surface area (TPSA) is 138 Å². The Morgan fingerprint density at radius 3 is 2.51 bits per heavy atom. The van der Waals surface area contributed by atoms with Crippen LogP contribution >= 0.6 is 0 Å². The second-order valence-electron chi connectivity index (χ2n) is 13.4. The van der Waals surface area contributed by atoms with Gasteiger partial charge in [-0.2, -0.15) is 0 Å². The van der Waals surface area contributed by atoms with Crippen LogP contribution in [0.5, 0.6) is 23.0 Å². The Hall–Kier alpha value is -3.72. The van der Waals surface area contributed by atoms with Crippen LogP contribution in [0.3, 0.4) is 0 Å². The predicted octanol–water partition coefficient (Wildman–Crippen LogP) is 7.14. The van der Waals surface area contributed by atoms with Crippen LogP contribution in [0.2, 0.25) is 0 Å². The molecule has 0 aliphatic heterocycles. The van der Waals surface area contributed by atoms with E-state index in [4.69, 9.17) is 20.2 Å². The van der Waals surface area contributed by atoms with Crippen molar-refractivity contribution in [2.24, 2.45) is 28.5 Å². The van der Waals surface area contributed by atoms with Crippen LogP contribution in [-0.4, -0.2) is 55.3 Å². The summed E-state index contributed by atoms with van der Waals surface area (Å²) < 4.78 is 11.2. The molecule has 0 aromatic heterocycles. The van der Waals surface area contributed by atoms with Gasteiger partial charge in [0.05, 0.1) is 18.8 Å². The number of nitrogens with one attached hydrogen (secondary N) is 2. The Morgan fingerprint density at radius 2 is 1.81 bits per heavy atom. The number of rotatable bonds is 19. The van der Waals surface area contributed by atoms with Crippen LogP contribution in [0.1, 0.15) is 89.7 Å². The van der Waals surface area contributed by atoms with Gasteiger partial charge >= 0.3 is 0 Å². The van der Waals surface area contributed by atoms with Gasteiger partial charge in [-0.1, -0.05) is 71.4 Å². The first-order chi connectivity index (χ1) is 22.6. The third-order valence-corrected chi connectivity index (χ3v) is 8.98. The largest absolute Gasteiger partial charge is 0.504 e. The van der Waals surface area contributed by atoms with Gasteiger partial charge in [-0.15, -0.1) is 0 Å². The number of nitrogens with zero attached hydrogens (tertiary/aromatic N) is 1. The molecule has 1 aliphatic carbocycles. The number of ketones is 1. The van der Waals surface area contributed by atoms with Crippen LogP contribution in [0, 0.1) is 17.8 Å². The molecule has 2 unspecified atom stereocenters. The van der Waals surface area contributed by atoms with Gasteiger partial charge < -0.3 is 36.1 Å². The molecule has 1 fully saturated rings. The van der Waals surface area contributed by atoms with Gasteiger partial charge in [-0.05, 0) is 92.0 Å². The third-order valence-electron chi connectivity index (χ3n) is 8.98. The highest BCUT2D eigenvalue weighted by molar-refractivity contribution is 5.94. The molecule has 0 heterocycles. The van der Waals surface area contributed by atoms with Crippen LogP contribution in [-0.2, 0) is 17.6 Å². The molecule has 0 saturated heterocycles. The van der Waals surface area contributed by atoms with Gasteiger partial charge in [0.2, 0.25) is 0 Å². The number of ether oxygens (including phenoxy) is 2. The number of aryl methyl sites for hydroxylation is 1. The van der Waals surface area contributed by atoms with Gasteiger partial charge in [-0.3, -0.25) is 4.79 Å². The molecule has 3 rings (SSSR count). The minimum atomic E-state index is 0.00441. The van der Waals surface area contributed by atoms with Crippen molar-refractivity contribution < 1.29 is 24.5 Å². The summed E-state index contributed by atoms with van der Waals surface area (Å²) in [6, 6.07) is 9.19. The fourth-order valence-electron chi connectivity index (χ4n) is 6.08. The van der Waals surface area contributed by atoms with Crippen molar-refractivity contribution >= 4 is 17.4 Å². The molecule has 1 aliphatic rings. The maximum absolute atomic E-state index is 13.0. The lowest BCUT2D eigenvalue weighted by Crippen LogP contribution is -2.26. The van der Waals surface area contributed by atoms with Crippen LogP contribution in [0.4, 0.5) is 5.69 Å². The number of guanidine groups is 1. The Kier molecular flexibility index (Phi) is 15.9. The molecule has 260 valence electrons. The number of aliphatic imine (C=N–C) groups is 1. The molecule has 2 atom stereocenters. The van der Waals surface area contributed by atoms with Crippen LogP contribution in [0.25, 0.3) is 0 Å². The van der Waals surface area contributed by atoms with Gasteiger partial charge in [0.1, 0.15) is 6.61 Å². The monoisotopic (exact) mass is 650 g/mol. The SMILES string of the molecule is CNCCOc1cc(CC(C=CC(=O)CCc2ccc(O)c(OC)c2)C(C)CCCC(C)C)cc(NC(N)=NC2CCCCC2)c1O. The number of methoxy groups -OCH3 is 1. The van der Waals surface area contributed by atoms with E-state index in [0.717, 1.165) is 56.1 Å². The summed E-state index contributed by atoms with van der Waals surface area (Å²) in [5, 5.41) is 27.3. The zero-order chi connectivity index (χ0) is 34.2. The number of aromatic hydroxyl groups is 2. The molecular formula is C38H58N4O5. The third kappa shape index (κ3) is 13.1. The lowest BCUT2D eigenvalue weighted by atomic mass is 9.83. The van der Waals surface area contributed by atoms with Crippen LogP contribution in [0.15, 0.2) is 47.5 Å². The average Bonchev–Trinajstić information content (AvgIpc) is 3.04. The van der Waals surface area contributed by atoms with E-state index in [0.29, 0.717) is 67.4 Å². The van der Waals surface area contributed by atoms with Crippen molar-refractivity contribution in [3.05, 3.63) is 53.6 Å². The standard InChI is InChI=1S/C38H58N4O5/c1-26(2)10-9-11-27(3)30(16-18-32(43)17-14-28-15-19-34(44)35(24-28)46-5)22-29-23-33(37(45)36(25-29)47-21-20-40-4)42-38(39)41-31-12-7-6-8-13-31/h15-16,18-19,23-27,30-31,40,44-45H,6-14,17,20-22H2,1-5H3,(H3,39,41,42). The number of carbonyl (C=O) groups excluding carboxylic acids is 1. The molecular weight excluding hydrogens is 592 g/mol. The molecule has 9 heteroatoms. The first kappa shape index (κ1) is 37.7. The van der Waals surface area contributed by atoms with E-state index in [9.17, 15) is 15.0 Å². The molecule has 0 amide bonds. The predicted molar refractivity (Wildman–Crippen MR) is 192 cm³/mol. The number of phenols is 2. The first-order valence-corrected chi connectivity index (χ1v) is 17.4. The number of hydrogen-bond donors (Lipinski definition) is 5. The number of allylic oxidation sites excluding steroid dienone is 2. The quantitative estimate of drug-likeness (QED) is 0.0356. The van der Waals surface area contributed by atoms with E-state index < -0.39 is 0 Å². The number of benzene rings is 2. The Morgan fingerprint density at radius 1 is 1.06 bits per heavy atom. The van der Waals surface area contributed by atoms with Crippen molar-refractivity contribution in [3.63, 3.8) is 0 Å². The van der Waals surface area contributed by atoms with Crippen molar-refractivity contribution in [2.75, 3.05) is 32.6 Å². The van der Waals surface area contributed by atoms with Crippen LogP contribution < -0.4 is 25.8 Å². The van der Waals surface area contributed by atoms with Gasteiger partial charge in [0.25, 0.3) is 0 Å². The lowest BCUT2D eigenvalue weighted by Gasteiger charge is -2.23. The molecule has 0 bridgehead atoms. The Labute approximate surface area is 282 Å². The molecule has 0 spiro atoms. The zero-order valence-electron chi connectivity index (χ0n) is 29.2. The number of hydrogen-bond acceptors (Lipinski definition) is 7. The van der Waals surface area contributed by atoms with E-state index in [1.807, 2.05) is 25.2 Å². The first-order valence-electron chi connectivity index (χ1n) is 17.4. The fourth-order valence-corrected chi connectivity index (χ4v) is 6.08. The van der Waals surface area contributed by atoms with Crippen molar-refractivity contribution in [1.82, 2.24) is 5.32 Å². The number of nitrogens with two attached hydrogens (primary N) is 1. The van der Waals surface area contributed by atoms with Crippen molar-refractivity contribution in [1.29, 1.82) is 0 Å². The molecule has 6 N–H and O–H groups in total. The second-order valence-corrected chi connectivity index (χ2v) is 13.4. The highest BCUT2D eigenvalue weighted by atomic mass is 16.5. The summed E-state index contributed by atoms with van der Waals surface area (Å²) in [5.74, 6) is 2.28. The molecule has 47 heavy (non-hydrogen) atoms. The summed E-state index contributed by atoms with van der Waals surface area (Å²) >= 11 is 0. The summed E-state index contributed by atoms with van der Waals surface area (Å²) in [6.45, 7) is 7.77. The maximum atomic E-state index is 13.0. The lowest BCUT2D eigenvalue weighted by molar-refractivity contribution is -0.114. The minimum Gasteiger partial charge on any atom is -0.504 e. The normalized spacial score (nSPS) is 15.6. The smallest absolute Gasteiger partial charge is 0.193 e. The molecule has 2 aromatic carbocycles. The van der Waals surface area contributed by atoms with E-state index in [1.54, 1.807) is 18.2 Å². The fraction of sp³-hybridized carbons (Fsp3) is 0.579. The Bertz CT molecular complexity index is 1320. The number of carbonyl (C=O) groups is 1. The highest BCUT2D eigenvalue weighted by Crippen LogP contribution is 2.38. The maximum Gasteiger partial charge on any atom is 0.193 e. The van der Waals surface area contributed by atoms with Crippen molar-refractivity contribution in [3.8, 4) is 23.0 Å². The highest BCUT2D eigenvalue weighted by Gasteiger charge is 2.20. The molecule has 1 saturated carbocycles. The van der Waals surface area contributed by atoms with Gasteiger partial charge in [0, 0.05) is 13.0 Å². The van der Waals surface area contributed by atoms with E-state index in [1.165, 1.54) is 13.5 Å². The average molecular weight is 651 g/mol.